The Morgan fingerprint density at radius 3 is 2.52 bits per heavy atom. The molecule has 0 saturated heterocycles. The van der Waals surface area contributed by atoms with Crippen LogP contribution in [0.1, 0.15) is 23.6 Å². The lowest BCUT2D eigenvalue weighted by molar-refractivity contribution is 0.402. The van der Waals surface area contributed by atoms with Crippen molar-refractivity contribution in [2.45, 2.75) is 26.6 Å². The number of hydrogen-bond acceptors (Lipinski definition) is 2. The van der Waals surface area contributed by atoms with Crippen molar-refractivity contribution in [1.82, 2.24) is 15.5 Å². The minimum atomic E-state index is -0.206. The van der Waals surface area contributed by atoms with Gasteiger partial charge in [0.15, 0.2) is 5.96 Å². The van der Waals surface area contributed by atoms with E-state index in [2.05, 4.69) is 58.9 Å². The number of rotatable bonds is 7. The second-order valence-electron chi connectivity index (χ2n) is 6.20. The summed E-state index contributed by atoms with van der Waals surface area (Å²) in [6.07, 6.45) is 0. The molecule has 0 fully saturated rings. The highest BCUT2D eigenvalue weighted by Gasteiger charge is 2.03. The topological polar surface area (TPSA) is 39.7 Å². The summed E-state index contributed by atoms with van der Waals surface area (Å²) in [5.41, 5.74) is 3.05. The fourth-order valence-corrected chi connectivity index (χ4v) is 2.52. The number of benzene rings is 2. The van der Waals surface area contributed by atoms with Crippen LogP contribution in [0.15, 0.2) is 53.5 Å². The van der Waals surface area contributed by atoms with Crippen LogP contribution in [0.2, 0.25) is 0 Å². The molecule has 2 aromatic rings. The van der Waals surface area contributed by atoms with E-state index in [9.17, 15) is 4.39 Å². The molecule has 0 aliphatic heterocycles. The largest absolute Gasteiger partial charge is 0.357 e. The average Bonchev–Trinajstić information content (AvgIpc) is 2.58. The van der Waals surface area contributed by atoms with Gasteiger partial charge in [-0.1, -0.05) is 42.5 Å². The maximum Gasteiger partial charge on any atom is 0.191 e. The normalized spacial score (nSPS) is 11.6. The molecule has 4 nitrogen and oxygen atoms in total. The highest BCUT2D eigenvalue weighted by Crippen LogP contribution is 2.09. The number of nitrogens with zero attached hydrogens (tertiary/aromatic N) is 2. The van der Waals surface area contributed by atoms with Gasteiger partial charge < -0.3 is 15.5 Å². The Morgan fingerprint density at radius 1 is 1.04 bits per heavy atom. The van der Waals surface area contributed by atoms with Gasteiger partial charge in [-0.25, -0.2) is 9.38 Å². The van der Waals surface area contributed by atoms with Gasteiger partial charge in [-0.05, 0) is 38.2 Å². The zero-order valence-electron chi connectivity index (χ0n) is 15.2. The van der Waals surface area contributed by atoms with E-state index in [1.165, 1.54) is 11.6 Å². The van der Waals surface area contributed by atoms with Crippen LogP contribution in [0.5, 0.6) is 0 Å². The Bertz CT molecular complexity index is 698. The van der Waals surface area contributed by atoms with Gasteiger partial charge in [0, 0.05) is 25.2 Å². The second-order valence-corrected chi connectivity index (χ2v) is 6.20. The van der Waals surface area contributed by atoms with Crippen molar-refractivity contribution < 1.29 is 4.39 Å². The van der Waals surface area contributed by atoms with Crippen LogP contribution in [0.25, 0.3) is 0 Å². The molecule has 25 heavy (non-hydrogen) atoms. The van der Waals surface area contributed by atoms with Gasteiger partial charge in [0.2, 0.25) is 0 Å². The van der Waals surface area contributed by atoms with Gasteiger partial charge in [-0.15, -0.1) is 0 Å². The van der Waals surface area contributed by atoms with Crippen LogP contribution in [0.4, 0.5) is 4.39 Å². The maximum atomic E-state index is 13.7. The first kappa shape index (κ1) is 18.9. The van der Waals surface area contributed by atoms with Crippen LogP contribution in [0.3, 0.4) is 0 Å². The molecule has 0 atom stereocenters. The van der Waals surface area contributed by atoms with Crippen LogP contribution in [0, 0.1) is 5.82 Å². The van der Waals surface area contributed by atoms with E-state index < -0.39 is 0 Å². The second kappa shape index (κ2) is 9.79. The molecular weight excluding hydrogens is 315 g/mol. The number of hydrogen-bond donors (Lipinski definition) is 2. The van der Waals surface area contributed by atoms with Crippen LogP contribution in [-0.2, 0) is 19.6 Å². The fraction of sp³-hybridized carbons (Fsp3) is 0.350. The molecule has 0 saturated carbocycles. The minimum Gasteiger partial charge on any atom is -0.357 e. The number of aliphatic imine (C=N–C) groups is 1. The third-order valence-electron chi connectivity index (χ3n) is 3.66. The summed E-state index contributed by atoms with van der Waals surface area (Å²) >= 11 is 0. The standard InChI is InChI=1S/C20H27FN4/c1-4-22-20(24-14-18-10-5-6-11-19(18)21)23-13-16-8-7-9-17(12-16)15-25(2)3/h5-12H,4,13-15H2,1-3H3,(H2,22,23,24). The van der Waals surface area contributed by atoms with Crippen LogP contribution < -0.4 is 10.6 Å². The van der Waals surface area contributed by atoms with Crippen molar-refractivity contribution in [3.8, 4) is 0 Å². The van der Waals surface area contributed by atoms with Crippen molar-refractivity contribution in [2.75, 3.05) is 20.6 Å². The Hall–Kier alpha value is -2.40. The average molecular weight is 342 g/mol. The lowest BCUT2D eigenvalue weighted by Gasteiger charge is -2.13. The molecule has 134 valence electrons. The molecule has 0 radical (unpaired) electrons. The summed E-state index contributed by atoms with van der Waals surface area (Å²) in [5, 5.41) is 6.38. The van der Waals surface area contributed by atoms with Crippen molar-refractivity contribution in [3.63, 3.8) is 0 Å². The Balaban J connectivity index is 2.00. The molecular formula is C20H27FN4. The SMILES string of the molecule is CCNC(=NCc1cccc(CN(C)C)c1)NCc1ccccc1F. The van der Waals surface area contributed by atoms with Gasteiger partial charge in [-0.3, -0.25) is 0 Å². The van der Waals surface area contributed by atoms with Gasteiger partial charge in [0.1, 0.15) is 5.82 Å². The highest BCUT2D eigenvalue weighted by atomic mass is 19.1. The fourth-order valence-electron chi connectivity index (χ4n) is 2.52. The molecule has 2 N–H and O–H groups in total. The molecule has 0 aromatic heterocycles. The molecule has 2 rings (SSSR count). The van der Waals surface area contributed by atoms with Gasteiger partial charge in [0.25, 0.3) is 0 Å². The molecule has 0 amide bonds. The van der Waals surface area contributed by atoms with Gasteiger partial charge in [-0.2, -0.15) is 0 Å². The minimum absolute atomic E-state index is 0.206. The first-order valence-electron chi connectivity index (χ1n) is 8.56. The summed E-state index contributed by atoms with van der Waals surface area (Å²) in [5.74, 6) is 0.478. The van der Waals surface area contributed by atoms with Gasteiger partial charge >= 0.3 is 0 Å². The lowest BCUT2D eigenvalue weighted by Crippen LogP contribution is -2.37. The van der Waals surface area contributed by atoms with E-state index in [1.807, 2.05) is 13.0 Å². The van der Waals surface area contributed by atoms with E-state index in [1.54, 1.807) is 12.1 Å². The number of halogens is 1. The van der Waals surface area contributed by atoms with E-state index in [-0.39, 0.29) is 5.82 Å². The summed E-state index contributed by atoms with van der Waals surface area (Å²) in [4.78, 5) is 6.75. The van der Waals surface area contributed by atoms with Gasteiger partial charge in [0.05, 0.1) is 6.54 Å². The van der Waals surface area contributed by atoms with E-state index in [4.69, 9.17) is 0 Å². The van der Waals surface area contributed by atoms with Crippen LogP contribution >= 0.6 is 0 Å². The van der Waals surface area contributed by atoms with Crippen LogP contribution in [-0.4, -0.2) is 31.5 Å². The molecule has 0 spiro atoms. The molecule has 0 aliphatic carbocycles. The monoisotopic (exact) mass is 342 g/mol. The Morgan fingerprint density at radius 2 is 1.80 bits per heavy atom. The first-order valence-corrected chi connectivity index (χ1v) is 8.56. The van der Waals surface area contributed by atoms with Crippen molar-refractivity contribution in [2.24, 2.45) is 4.99 Å². The van der Waals surface area contributed by atoms with E-state index in [0.717, 1.165) is 18.7 Å². The molecule has 0 unspecified atom stereocenters. The molecule has 0 heterocycles. The summed E-state index contributed by atoms with van der Waals surface area (Å²) in [6.45, 7) is 4.65. The van der Waals surface area contributed by atoms with E-state index in [0.29, 0.717) is 24.6 Å². The smallest absolute Gasteiger partial charge is 0.191 e. The molecule has 2 aromatic carbocycles. The first-order chi connectivity index (χ1) is 12.1. The summed E-state index contributed by atoms with van der Waals surface area (Å²) < 4.78 is 13.7. The zero-order chi connectivity index (χ0) is 18.1. The van der Waals surface area contributed by atoms with E-state index >= 15 is 0 Å². The lowest BCUT2D eigenvalue weighted by atomic mass is 10.1. The number of nitrogens with one attached hydrogen (secondary N) is 2. The quantitative estimate of drug-likeness (QED) is 0.600. The Kier molecular flexibility index (Phi) is 7.41. The maximum absolute atomic E-state index is 13.7. The molecule has 0 bridgehead atoms. The third kappa shape index (κ3) is 6.55. The molecule has 5 heteroatoms. The Labute approximate surface area is 149 Å². The number of guanidine groups is 1. The summed E-state index contributed by atoms with van der Waals surface area (Å²) in [6, 6.07) is 15.2. The van der Waals surface area contributed by atoms with Crippen molar-refractivity contribution >= 4 is 5.96 Å². The van der Waals surface area contributed by atoms with Crippen molar-refractivity contribution in [1.29, 1.82) is 0 Å². The van der Waals surface area contributed by atoms with Crippen molar-refractivity contribution in [3.05, 3.63) is 71.0 Å². The predicted octanol–water partition coefficient (Wildman–Crippen LogP) is 3.14. The zero-order valence-corrected chi connectivity index (χ0v) is 15.2. The summed E-state index contributed by atoms with van der Waals surface area (Å²) in [7, 11) is 4.11. The highest BCUT2D eigenvalue weighted by molar-refractivity contribution is 5.79. The molecule has 0 aliphatic rings. The predicted molar refractivity (Wildman–Crippen MR) is 102 cm³/mol. The third-order valence-corrected chi connectivity index (χ3v) is 3.66.